The second kappa shape index (κ2) is 7.34. The van der Waals surface area contributed by atoms with Crippen LogP contribution in [0.5, 0.6) is 0 Å². The summed E-state index contributed by atoms with van der Waals surface area (Å²) in [6.07, 6.45) is 0.848. The molecular formula is C21H20FNO2. The molecule has 1 N–H and O–H groups in total. The van der Waals surface area contributed by atoms with Crippen LogP contribution in [0, 0.1) is 19.7 Å². The van der Waals surface area contributed by atoms with Crippen LogP contribution in [0.4, 0.5) is 10.1 Å². The van der Waals surface area contributed by atoms with Crippen molar-refractivity contribution in [2.45, 2.75) is 26.7 Å². The number of aryl methyl sites for hydroxylation is 3. The van der Waals surface area contributed by atoms with Gasteiger partial charge in [0, 0.05) is 24.1 Å². The highest BCUT2D eigenvalue weighted by Gasteiger charge is 2.08. The maximum Gasteiger partial charge on any atom is 0.224 e. The van der Waals surface area contributed by atoms with Gasteiger partial charge in [-0.25, -0.2) is 4.39 Å². The molecule has 0 saturated carbocycles. The summed E-state index contributed by atoms with van der Waals surface area (Å²) in [5, 5.41) is 2.90. The van der Waals surface area contributed by atoms with E-state index in [1.165, 1.54) is 17.7 Å². The van der Waals surface area contributed by atoms with Crippen molar-refractivity contribution in [3.05, 3.63) is 77.3 Å². The first-order chi connectivity index (χ1) is 12.0. The lowest BCUT2D eigenvalue weighted by molar-refractivity contribution is -0.116. The van der Waals surface area contributed by atoms with Crippen molar-refractivity contribution < 1.29 is 13.6 Å². The van der Waals surface area contributed by atoms with E-state index in [-0.39, 0.29) is 11.7 Å². The Kier molecular flexibility index (Phi) is 4.98. The third kappa shape index (κ3) is 4.35. The Labute approximate surface area is 146 Å². The lowest BCUT2D eigenvalue weighted by Crippen LogP contribution is -2.12. The fraction of sp³-hybridized carbons (Fsp3) is 0.190. The number of carbonyl (C=O) groups excluding carboxylic acids is 1. The molecule has 3 aromatic rings. The molecule has 4 heteroatoms. The lowest BCUT2D eigenvalue weighted by atomic mass is 10.1. The van der Waals surface area contributed by atoms with Crippen molar-refractivity contribution in [1.82, 2.24) is 0 Å². The number of hydrogen-bond donors (Lipinski definition) is 1. The first-order valence-corrected chi connectivity index (χ1v) is 8.23. The summed E-state index contributed by atoms with van der Waals surface area (Å²) < 4.78 is 18.7. The minimum absolute atomic E-state index is 0.0528. The van der Waals surface area contributed by atoms with E-state index in [2.05, 4.69) is 5.32 Å². The molecule has 0 saturated heterocycles. The summed E-state index contributed by atoms with van der Waals surface area (Å²) >= 11 is 0. The van der Waals surface area contributed by atoms with Gasteiger partial charge in [0.2, 0.25) is 5.91 Å². The molecule has 0 aliphatic rings. The molecular weight excluding hydrogens is 317 g/mol. The Morgan fingerprint density at radius 1 is 1.00 bits per heavy atom. The number of halogens is 1. The summed E-state index contributed by atoms with van der Waals surface area (Å²) in [6.45, 7) is 4.06. The van der Waals surface area contributed by atoms with E-state index >= 15 is 0 Å². The molecule has 1 heterocycles. The van der Waals surface area contributed by atoms with Crippen molar-refractivity contribution in [2.75, 3.05) is 5.32 Å². The van der Waals surface area contributed by atoms with Crippen molar-refractivity contribution in [2.24, 2.45) is 0 Å². The highest BCUT2D eigenvalue weighted by atomic mass is 19.1. The maximum absolute atomic E-state index is 13.0. The van der Waals surface area contributed by atoms with Crippen LogP contribution in [0.15, 0.2) is 59.0 Å². The summed E-state index contributed by atoms with van der Waals surface area (Å²) in [5.74, 6) is 1.07. The van der Waals surface area contributed by atoms with Gasteiger partial charge in [-0.05, 0) is 73.5 Å². The van der Waals surface area contributed by atoms with Gasteiger partial charge in [0.25, 0.3) is 0 Å². The number of benzene rings is 2. The van der Waals surface area contributed by atoms with E-state index in [1.54, 1.807) is 12.1 Å². The average molecular weight is 337 g/mol. The molecule has 25 heavy (non-hydrogen) atoms. The molecule has 0 spiro atoms. The number of rotatable bonds is 5. The number of furan rings is 1. The summed E-state index contributed by atoms with van der Waals surface area (Å²) in [4.78, 5) is 12.1. The van der Waals surface area contributed by atoms with Crippen molar-refractivity contribution in [1.29, 1.82) is 0 Å². The van der Waals surface area contributed by atoms with Gasteiger partial charge in [0.05, 0.1) is 0 Å². The molecule has 128 valence electrons. The van der Waals surface area contributed by atoms with Crippen LogP contribution in [0.1, 0.15) is 23.3 Å². The summed E-state index contributed by atoms with van der Waals surface area (Å²) in [6, 6.07) is 15.7. The molecule has 3 rings (SSSR count). The zero-order valence-electron chi connectivity index (χ0n) is 14.3. The zero-order chi connectivity index (χ0) is 17.8. The van der Waals surface area contributed by atoms with Crippen LogP contribution in [0.25, 0.3) is 11.3 Å². The first kappa shape index (κ1) is 17.0. The number of hydrogen-bond acceptors (Lipinski definition) is 2. The third-order valence-corrected chi connectivity index (χ3v) is 4.18. The summed E-state index contributed by atoms with van der Waals surface area (Å²) in [7, 11) is 0. The molecule has 0 aliphatic carbocycles. The zero-order valence-corrected chi connectivity index (χ0v) is 14.3. The number of anilines is 1. The second-order valence-corrected chi connectivity index (χ2v) is 6.12. The Morgan fingerprint density at radius 2 is 1.76 bits per heavy atom. The molecule has 0 bridgehead atoms. The van der Waals surface area contributed by atoms with Gasteiger partial charge in [-0.15, -0.1) is 0 Å². The lowest BCUT2D eigenvalue weighted by Gasteiger charge is -2.07. The van der Waals surface area contributed by atoms with Crippen LogP contribution in [0.3, 0.4) is 0 Å². The number of amides is 1. The van der Waals surface area contributed by atoms with Gasteiger partial charge in [0.15, 0.2) is 0 Å². The van der Waals surface area contributed by atoms with Gasteiger partial charge >= 0.3 is 0 Å². The van der Waals surface area contributed by atoms with Crippen LogP contribution >= 0.6 is 0 Å². The van der Waals surface area contributed by atoms with E-state index in [9.17, 15) is 9.18 Å². The molecule has 2 aromatic carbocycles. The van der Waals surface area contributed by atoms with Gasteiger partial charge in [-0.1, -0.05) is 6.07 Å². The largest absolute Gasteiger partial charge is 0.461 e. The van der Waals surface area contributed by atoms with E-state index in [1.807, 2.05) is 44.2 Å². The fourth-order valence-corrected chi connectivity index (χ4v) is 2.56. The maximum atomic E-state index is 13.0. The molecule has 0 atom stereocenters. The monoisotopic (exact) mass is 337 g/mol. The van der Waals surface area contributed by atoms with E-state index in [0.29, 0.717) is 18.6 Å². The second-order valence-electron chi connectivity index (χ2n) is 6.12. The predicted octanol–water partition coefficient (Wildman–Crippen LogP) is 5.27. The van der Waals surface area contributed by atoms with Crippen molar-refractivity contribution in [3.8, 4) is 11.3 Å². The molecule has 0 radical (unpaired) electrons. The Bertz CT molecular complexity index is 881. The van der Waals surface area contributed by atoms with E-state index in [4.69, 9.17) is 4.42 Å². The molecule has 3 nitrogen and oxygen atoms in total. The van der Waals surface area contributed by atoms with Gasteiger partial charge in [0.1, 0.15) is 17.3 Å². The van der Waals surface area contributed by atoms with Gasteiger partial charge < -0.3 is 9.73 Å². The van der Waals surface area contributed by atoms with Crippen LogP contribution in [-0.2, 0) is 11.2 Å². The number of carbonyl (C=O) groups is 1. The van der Waals surface area contributed by atoms with E-state index < -0.39 is 0 Å². The third-order valence-electron chi connectivity index (χ3n) is 4.18. The predicted molar refractivity (Wildman–Crippen MR) is 97.0 cm³/mol. The first-order valence-electron chi connectivity index (χ1n) is 8.23. The Hall–Kier alpha value is -2.88. The van der Waals surface area contributed by atoms with Gasteiger partial charge in [-0.2, -0.15) is 0 Å². The van der Waals surface area contributed by atoms with Crippen LogP contribution in [0.2, 0.25) is 0 Å². The van der Waals surface area contributed by atoms with Gasteiger partial charge in [-0.3, -0.25) is 4.79 Å². The highest BCUT2D eigenvalue weighted by molar-refractivity contribution is 5.90. The fourth-order valence-electron chi connectivity index (χ4n) is 2.56. The SMILES string of the molecule is Cc1ccc(NC(=O)CCc2ccc(-c3ccc(F)cc3)o2)cc1C. The standard InChI is InChI=1S/C21H20FNO2/c1-14-3-8-18(13-15(14)2)23-21(24)12-10-19-9-11-20(25-19)16-4-6-17(22)7-5-16/h3-9,11,13H,10,12H2,1-2H3,(H,23,24). The molecule has 0 unspecified atom stereocenters. The molecule has 0 fully saturated rings. The topological polar surface area (TPSA) is 42.2 Å². The quantitative estimate of drug-likeness (QED) is 0.689. The van der Waals surface area contributed by atoms with Crippen LogP contribution in [-0.4, -0.2) is 5.91 Å². The highest BCUT2D eigenvalue weighted by Crippen LogP contribution is 2.23. The number of nitrogens with one attached hydrogen (secondary N) is 1. The van der Waals surface area contributed by atoms with E-state index in [0.717, 1.165) is 22.6 Å². The Morgan fingerprint density at radius 3 is 2.48 bits per heavy atom. The van der Waals surface area contributed by atoms with Crippen LogP contribution < -0.4 is 5.32 Å². The van der Waals surface area contributed by atoms with Crippen molar-refractivity contribution >= 4 is 11.6 Å². The molecule has 1 amide bonds. The molecule has 0 aliphatic heterocycles. The minimum Gasteiger partial charge on any atom is -0.461 e. The normalized spacial score (nSPS) is 10.7. The Balaban J connectivity index is 1.57. The average Bonchev–Trinajstić information content (AvgIpc) is 3.06. The smallest absolute Gasteiger partial charge is 0.224 e. The minimum atomic E-state index is -0.279. The summed E-state index contributed by atoms with van der Waals surface area (Å²) in [5.41, 5.74) is 3.96. The van der Waals surface area contributed by atoms with Crippen molar-refractivity contribution in [3.63, 3.8) is 0 Å². The molecule has 1 aromatic heterocycles.